The topological polar surface area (TPSA) is 68.0 Å². The molecular weight excluding hydrogens is 242 g/mol. The first-order valence-electron chi connectivity index (χ1n) is 6.85. The first kappa shape index (κ1) is 11.0. The van der Waals surface area contributed by atoms with Gasteiger partial charge in [0.2, 0.25) is 0 Å². The molecule has 19 heavy (non-hydrogen) atoms. The normalized spacial score (nSPS) is 19.6. The van der Waals surface area contributed by atoms with Crippen molar-refractivity contribution in [2.45, 2.75) is 44.1 Å². The van der Waals surface area contributed by atoms with Gasteiger partial charge in [0.25, 0.3) is 0 Å². The molecule has 1 N–H and O–H groups in total. The highest BCUT2D eigenvalue weighted by molar-refractivity contribution is 5.90. The Kier molecular flexibility index (Phi) is 2.19. The summed E-state index contributed by atoms with van der Waals surface area (Å²) in [6.45, 7) is 0. The zero-order chi connectivity index (χ0) is 13.0. The maximum absolute atomic E-state index is 11.0. The maximum atomic E-state index is 11.0. The second kappa shape index (κ2) is 3.79. The SMILES string of the molecule is O=C(O)c1cnc2c(c1)nc(C1CCC1)n2C1CC1. The molecule has 0 aromatic carbocycles. The minimum atomic E-state index is -0.944. The van der Waals surface area contributed by atoms with Gasteiger partial charge in [0.15, 0.2) is 5.65 Å². The van der Waals surface area contributed by atoms with Crippen LogP contribution in [0.4, 0.5) is 0 Å². The Morgan fingerprint density at radius 3 is 2.68 bits per heavy atom. The molecule has 0 atom stereocenters. The second-order valence-corrected chi connectivity index (χ2v) is 5.57. The van der Waals surface area contributed by atoms with E-state index in [1.54, 1.807) is 6.07 Å². The van der Waals surface area contributed by atoms with Gasteiger partial charge < -0.3 is 9.67 Å². The Balaban J connectivity index is 1.90. The van der Waals surface area contributed by atoms with Gasteiger partial charge in [-0.25, -0.2) is 14.8 Å². The zero-order valence-corrected chi connectivity index (χ0v) is 10.5. The van der Waals surface area contributed by atoms with E-state index in [9.17, 15) is 4.79 Å². The minimum Gasteiger partial charge on any atom is -0.478 e. The summed E-state index contributed by atoms with van der Waals surface area (Å²) < 4.78 is 2.25. The highest BCUT2D eigenvalue weighted by Crippen LogP contribution is 2.44. The lowest BCUT2D eigenvalue weighted by molar-refractivity contribution is 0.0696. The second-order valence-electron chi connectivity index (χ2n) is 5.57. The molecule has 0 bridgehead atoms. The first-order valence-corrected chi connectivity index (χ1v) is 6.85. The van der Waals surface area contributed by atoms with Crippen molar-refractivity contribution < 1.29 is 9.90 Å². The summed E-state index contributed by atoms with van der Waals surface area (Å²) in [7, 11) is 0. The van der Waals surface area contributed by atoms with Gasteiger partial charge in [0.1, 0.15) is 11.3 Å². The number of fused-ring (bicyclic) bond motifs is 1. The first-order chi connectivity index (χ1) is 9.24. The molecule has 5 heteroatoms. The fourth-order valence-corrected chi connectivity index (χ4v) is 2.76. The zero-order valence-electron chi connectivity index (χ0n) is 10.5. The van der Waals surface area contributed by atoms with Crippen molar-refractivity contribution in [2.75, 3.05) is 0 Å². The number of hydrogen-bond acceptors (Lipinski definition) is 3. The number of aromatic nitrogens is 3. The number of pyridine rings is 1. The van der Waals surface area contributed by atoms with Crippen LogP contribution in [0.15, 0.2) is 12.3 Å². The lowest BCUT2D eigenvalue weighted by atomic mass is 9.85. The van der Waals surface area contributed by atoms with E-state index in [2.05, 4.69) is 14.5 Å². The van der Waals surface area contributed by atoms with Crippen molar-refractivity contribution in [3.63, 3.8) is 0 Å². The number of carboxylic acid groups (broad SMARTS) is 1. The van der Waals surface area contributed by atoms with Gasteiger partial charge in [-0.1, -0.05) is 6.42 Å². The monoisotopic (exact) mass is 257 g/mol. The van der Waals surface area contributed by atoms with Crippen molar-refractivity contribution in [1.29, 1.82) is 0 Å². The third-order valence-corrected chi connectivity index (χ3v) is 4.19. The standard InChI is InChI=1S/C14H15N3O2/c18-14(19)9-6-11-13(15-7-9)17(10-4-5-10)12(16-11)8-2-1-3-8/h6-8,10H,1-5H2,(H,18,19). The molecule has 0 spiro atoms. The van der Waals surface area contributed by atoms with Crippen LogP contribution in [0, 0.1) is 0 Å². The Hall–Kier alpha value is -1.91. The third kappa shape index (κ3) is 1.64. The van der Waals surface area contributed by atoms with Crippen LogP contribution in [0.2, 0.25) is 0 Å². The van der Waals surface area contributed by atoms with Gasteiger partial charge in [-0.15, -0.1) is 0 Å². The predicted molar refractivity (Wildman–Crippen MR) is 69.4 cm³/mol. The van der Waals surface area contributed by atoms with E-state index in [4.69, 9.17) is 5.11 Å². The Labute approximate surface area is 110 Å². The molecule has 2 aliphatic carbocycles. The Morgan fingerprint density at radius 1 is 1.32 bits per heavy atom. The smallest absolute Gasteiger partial charge is 0.337 e. The summed E-state index contributed by atoms with van der Waals surface area (Å²) in [5, 5.41) is 9.03. The quantitative estimate of drug-likeness (QED) is 0.918. The number of imidazole rings is 1. The summed E-state index contributed by atoms with van der Waals surface area (Å²) in [4.78, 5) is 20.0. The van der Waals surface area contributed by atoms with E-state index in [0.29, 0.717) is 12.0 Å². The molecule has 4 rings (SSSR count). The van der Waals surface area contributed by atoms with Gasteiger partial charge in [-0.3, -0.25) is 0 Å². The van der Waals surface area contributed by atoms with E-state index in [1.807, 2.05) is 0 Å². The molecule has 0 aliphatic heterocycles. The van der Waals surface area contributed by atoms with Crippen molar-refractivity contribution in [2.24, 2.45) is 0 Å². The molecule has 0 amide bonds. The summed E-state index contributed by atoms with van der Waals surface area (Å²) in [6, 6.07) is 2.18. The molecule has 0 saturated heterocycles. The van der Waals surface area contributed by atoms with Gasteiger partial charge in [-0.2, -0.15) is 0 Å². The molecule has 5 nitrogen and oxygen atoms in total. The van der Waals surface area contributed by atoms with Gasteiger partial charge in [0.05, 0.1) is 5.56 Å². The maximum Gasteiger partial charge on any atom is 0.337 e. The van der Waals surface area contributed by atoms with Gasteiger partial charge in [-0.05, 0) is 31.7 Å². The van der Waals surface area contributed by atoms with Gasteiger partial charge >= 0.3 is 5.97 Å². The minimum absolute atomic E-state index is 0.216. The van der Waals surface area contributed by atoms with E-state index < -0.39 is 5.97 Å². The molecule has 0 unspecified atom stereocenters. The lowest BCUT2D eigenvalue weighted by Gasteiger charge is -2.25. The van der Waals surface area contributed by atoms with Crippen molar-refractivity contribution in [1.82, 2.24) is 14.5 Å². The summed E-state index contributed by atoms with van der Waals surface area (Å²) in [5.74, 6) is 0.724. The van der Waals surface area contributed by atoms with Crippen LogP contribution in [0.3, 0.4) is 0 Å². The van der Waals surface area contributed by atoms with Crippen molar-refractivity contribution in [3.05, 3.63) is 23.7 Å². The van der Waals surface area contributed by atoms with Crippen molar-refractivity contribution >= 4 is 17.1 Å². The fourth-order valence-electron chi connectivity index (χ4n) is 2.76. The molecule has 0 radical (unpaired) electrons. The number of nitrogens with zero attached hydrogens (tertiary/aromatic N) is 3. The summed E-state index contributed by atoms with van der Waals surface area (Å²) in [6.07, 6.45) is 7.48. The molecule has 2 aliphatic rings. The van der Waals surface area contributed by atoms with Crippen molar-refractivity contribution in [3.8, 4) is 0 Å². The van der Waals surface area contributed by atoms with Crippen LogP contribution in [0.1, 0.15) is 60.2 Å². The number of aromatic carboxylic acids is 1. The van der Waals surface area contributed by atoms with E-state index in [-0.39, 0.29) is 5.56 Å². The molecule has 2 saturated carbocycles. The third-order valence-electron chi connectivity index (χ3n) is 4.19. The highest BCUT2D eigenvalue weighted by atomic mass is 16.4. The summed E-state index contributed by atoms with van der Waals surface area (Å²) >= 11 is 0. The number of carboxylic acids is 1. The average molecular weight is 257 g/mol. The van der Waals surface area contributed by atoms with Crippen LogP contribution < -0.4 is 0 Å². The summed E-state index contributed by atoms with van der Waals surface area (Å²) in [5.41, 5.74) is 1.80. The van der Waals surface area contributed by atoms with Crippen LogP contribution in [0.25, 0.3) is 11.2 Å². The molecule has 98 valence electrons. The number of rotatable bonds is 3. The van der Waals surface area contributed by atoms with E-state index in [0.717, 1.165) is 17.0 Å². The van der Waals surface area contributed by atoms with Crippen LogP contribution in [-0.2, 0) is 0 Å². The fraction of sp³-hybridized carbons (Fsp3) is 0.500. The van der Waals surface area contributed by atoms with Gasteiger partial charge in [0, 0.05) is 18.2 Å². The molecule has 2 heterocycles. The number of hydrogen-bond donors (Lipinski definition) is 1. The molecule has 2 aromatic rings. The highest BCUT2D eigenvalue weighted by Gasteiger charge is 2.33. The number of carbonyl (C=O) groups is 1. The van der Waals surface area contributed by atoms with E-state index >= 15 is 0 Å². The van der Waals surface area contributed by atoms with Crippen LogP contribution in [0.5, 0.6) is 0 Å². The molecular formula is C14H15N3O2. The molecule has 2 aromatic heterocycles. The van der Waals surface area contributed by atoms with E-state index in [1.165, 1.54) is 38.3 Å². The Morgan fingerprint density at radius 2 is 2.11 bits per heavy atom. The largest absolute Gasteiger partial charge is 0.478 e. The molecule has 2 fully saturated rings. The average Bonchev–Trinajstić information content (AvgIpc) is 3.08. The van der Waals surface area contributed by atoms with Crippen LogP contribution in [-0.4, -0.2) is 25.6 Å². The lowest BCUT2D eigenvalue weighted by Crippen LogP contribution is -2.15. The van der Waals surface area contributed by atoms with Crippen LogP contribution >= 0.6 is 0 Å². The Bertz CT molecular complexity index is 669. The predicted octanol–water partition coefficient (Wildman–Crippen LogP) is 2.73.